The predicted molar refractivity (Wildman–Crippen MR) is 89.1 cm³/mol. The van der Waals surface area contributed by atoms with Crippen molar-refractivity contribution in [3.05, 3.63) is 0 Å². The molecule has 23 heavy (non-hydrogen) atoms. The van der Waals surface area contributed by atoms with Gasteiger partial charge in [0.25, 0.3) is 0 Å². The van der Waals surface area contributed by atoms with Gasteiger partial charge in [0.1, 0.15) is 0 Å². The van der Waals surface area contributed by atoms with Crippen molar-refractivity contribution in [1.29, 1.82) is 0 Å². The van der Waals surface area contributed by atoms with E-state index in [2.05, 4.69) is 0 Å². The highest BCUT2D eigenvalue weighted by Crippen LogP contribution is 2.31. The van der Waals surface area contributed by atoms with Crippen LogP contribution < -0.4 is 5.73 Å². The van der Waals surface area contributed by atoms with Gasteiger partial charge in [-0.2, -0.15) is 0 Å². The first kappa shape index (κ1) is 17.2. The second-order valence-electron chi connectivity index (χ2n) is 7.59. The second-order valence-corrected chi connectivity index (χ2v) is 7.59. The van der Waals surface area contributed by atoms with Crippen LogP contribution in [0.4, 0.5) is 0 Å². The Bertz CT molecular complexity index is 392. The third-order valence-electron chi connectivity index (χ3n) is 5.62. The zero-order valence-corrected chi connectivity index (χ0v) is 14.4. The van der Waals surface area contributed by atoms with E-state index in [0.717, 1.165) is 57.6 Å². The highest BCUT2D eigenvalue weighted by atomic mass is 16.5. The summed E-state index contributed by atoms with van der Waals surface area (Å²) in [5.74, 6) is 0.959. The number of likely N-dealkylation sites (tertiary alicyclic amines) is 1. The Labute approximate surface area is 139 Å². The van der Waals surface area contributed by atoms with Crippen LogP contribution in [0.1, 0.15) is 58.3 Å². The minimum absolute atomic E-state index is 0.0464. The topological polar surface area (TPSA) is 64.8 Å². The summed E-state index contributed by atoms with van der Waals surface area (Å²) in [4.78, 5) is 13.7. The van der Waals surface area contributed by atoms with E-state index in [1.807, 2.05) is 4.90 Å². The second kappa shape index (κ2) is 7.95. The number of amides is 1. The van der Waals surface area contributed by atoms with Crippen molar-refractivity contribution < 1.29 is 14.3 Å². The van der Waals surface area contributed by atoms with E-state index in [1.54, 1.807) is 6.92 Å². The lowest BCUT2D eigenvalue weighted by Crippen LogP contribution is -2.56. The standard InChI is InChI=1S/C18H32N2O3/c1-13(21)20-10-2-3-17(19)18(20)12-23-16-8-6-15(7-9-16)22-11-14-4-5-14/h14-18H,2-12,19H2,1H3. The fourth-order valence-corrected chi connectivity index (χ4v) is 3.85. The highest BCUT2D eigenvalue weighted by molar-refractivity contribution is 5.73. The van der Waals surface area contributed by atoms with E-state index in [1.165, 1.54) is 12.8 Å². The number of hydrogen-bond acceptors (Lipinski definition) is 4. The maximum absolute atomic E-state index is 11.8. The molecule has 2 saturated carbocycles. The molecule has 0 aromatic carbocycles. The number of hydrogen-bond donors (Lipinski definition) is 1. The maximum atomic E-state index is 11.8. The molecule has 0 bridgehead atoms. The van der Waals surface area contributed by atoms with Crippen molar-refractivity contribution >= 4 is 5.91 Å². The van der Waals surface area contributed by atoms with Crippen LogP contribution >= 0.6 is 0 Å². The first-order valence-corrected chi connectivity index (χ1v) is 9.39. The van der Waals surface area contributed by atoms with Crippen LogP contribution in [0, 0.1) is 5.92 Å². The highest BCUT2D eigenvalue weighted by Gasteiger charge is 2.32. The fourth-order valence-electron chi connectivity index (χ4n) is 3.85. The van der Waals surface area contributed by atoms with E-state index < -0.39 is 0 Å². The van der Waals surface area contributed by atoms with Crippen molar-refractivity contribution in [3.63, 3.8) is 0 Å². The first-order chi connectivity index (χ1) is 11.1. The van der Waals surface area contributed by atoms with Crippen molar-refractivity contribution in [2.45, 2.75) is 82.6 Å². The molecule has 5 heteroatoms. The van der Waals surface area contributed by atoms with Crippen LogP contribution in [0.3, 0.4) is 0 Å². The third-order valence-corrected chi connectivity index (χ3v) is 5.62. The molecule has 1 aliphatic heterocycles. The molecule has 2 atom stereocenters. The van der Waals surface area contributed by atoms with Crippen molar-refractivity contribution in [2.75, 3.05) is 19.8 Å². The van der Waals surface area contributed by atoms with Gasteiger partial charge in [0.2, 0.25) is 5.91 Å². The molecule has 0 aromatic heterocycles. The van der Waals surface area contributed by atoms with E-state index in [-0.39, 0.29) is 18.0 Å². The van der Waals surface area contributed by atoms with Crippen LogP contribution in [-0.4, -0.2) is 54.9 Å². The molecule has 0 spiro atoms. The number of nitrogens with zero attached hydrogens (tertiary/aromatic N) is 1. The summed E-state index contributed by atoms with van der Waals surface area (Å²) >= 11 is 0. The molecule has 1 saturated heterocycles. The van der Waals surface area contributed by atoms with Gasteiger partial charge >= 0.3 is 0 Å². The van der Waals surface area contributed by atoms with Gasteiger partial charge in [-0.3, -0.25) is 4.79 Å². The predicted octanol–water partition coefficient (Wildman–Crippen LogP) is 2.08. The quantitative estimate of drug-likeness (QED) is 0.812. The van der Waals surface area contributed by atoms with Crippen LogP contribution in [0.2, 0.25) is 0 Å². The van der Waals surface area contributed by atoms with Crippen LogP contribution in [-0.2, 0) is 14.3 Å². The summed E-state index contributed by atoms with van der Waals surface area (Å²) < 4.78 is 12.1. The fraction of sp³-hybridized carbons (Fsp3) is 0.944. The van der Waals surface area contributed by atoms with Crippen LogP contribution in [0.5, 0.6) is 0 Å². The van der Waals surface area contributed by atoms with Gasteiger partial charge in [-0.25, -0.2) is 0 Å². The van der Waals surface area contributed by atoms with Crippen molar-refractivity contribution in [1.82, 2.24) is 4.90 Å². The lowest BCUT2D eigenvalue weighted by molar-refractivity contribution is -0.136. The molecular formula is C18H32N2O3. The molecule has 5 nitrogen and oxygen atoms in total. The van der Waals surface area contributed by atoms with E-state index in [4.69, 9.17) is 15.2 Å². The Kier molecular flexibility index (Phi) is 5.94. The summed E-state index contributed by atoms with van der Waals surface area (Å²) in [6.07, 6.45) is 9.77. The van der Waals surface area contributed by atoms with Crippen molar-refractivity contribution in [2.24, 2.45) is 11.7 Å². The van der Waals surface area contributed by atoms with E-state index in [0.29, 0.717) is 18.8 Å². The summed E-state index contributed by atoms with van der Waals surface area (Å²) in [7, 11) is 0. The monoisotopic (exact) mass is 324 g/mol. The molecule has 2 unspecified atom stereocenters. The van der Waals surface area contributed by atoms with Gasteiger partial charge in [-0.05, 0) is 57.3 Å². The van der Waals surface area contributed by atoms with Gasteiger partial charge in [0, 0.05) is 26.1 Å². The number of rotatable bonds is 6. The SMILES string of the molecule is CC(=O)N1CCCC(N)C1COC1CCC(OCC2CC2)CC1. The molecule has 1 amide bonds. The summed E-state index contributed by atoms with van der Waals surface area (Å²) in [5.41, 5.74) is 6.22. The average Bonchev–Trinajstić information content (AvgIpc) is 3.37. The Balaban J connectivity index is 1.38. The molecule has 2 aliphatic carbocycles. The Morgan fingerprint density at radius 3 is 2.17 bits per heavy atom. The zero-order valence-electron chi connectivity index (χ0n) is 14.4. The molecule has 3 aliphatic rings. The summed E-state index contributed by atoms with van der Waals surface area (Å²) in [5, 5.41) is 0. The zero-order chi connectivity index (χ0) is 16.2. The third kappa shape index (κ3) is 4.91. The molecule has 0 radical (unpaired) electrons. The van der Waals surface area contributed by atoms with Gasteiger partial charge in [0.15, 0.2) is 0 Å². The molecule has 132 valence electrons. The normalized spacial score (nSPS) is 35.3. The number of piperidine rings is 1. The first-order valence-electron chi connectivity index (χ1n) is 9.39. The maximum Gasteiger partial charge on any atom is 0.219 e. The van der Waals surface area contributed by atoms with E-state index in [9.17, 15) is 4.79 Å². The minimum Gasteiger partial charge on any atom is -0.378 e. The van der Waals surface area contributed by atoms with Gasteiger partial charge in [-0.1, -0.05) is 0 Å². The lowest BCUT2D eigenvalue weighted by atomic mass is 9.94. The molecule has 0 aromatic rings. The Hall–Kier alpha value is -0.650. The molecular weight excluding hydrogens is 292 g/mol. The van der Waals surface area contributed by atoms with Crippen LogP contribution in [0.15, 0.2) is 0 Å². The number of ether oxygens (including phenoxy) is 2. The summed E-state index contributed by atoms with van der Waals surface area (Å²) in [6.45, 7) is 3.99. The van der Waals surface area contributed by atoms with Crippen molar-refractivity contribution in [3.8, 4) is 0 Å². The van der Waals surface area contributed by atoms with E-state index >= 15 is 0 Å². The molecule has 3 fully saturated rings. The number of carbonyl (C=O) groups is 1. The lowest BCUT2D eigenvalue weighted by Gasteiger charge is -2.40. The number of nitrogens with two attached hydrogens (primary N) is 1. The number of carbonyl (C=O) groups excluding carboxylic acids is 1. The Morgan fingerprint density at radius 2 is 1.61 bits per heavy atom. The summed E-state index contributed by atoms with van der Waals surface area (Å²) in [6, 6.07) is 0.0935. The molecule has 2 N–H and O–H groups in total. The molecule has 3 rings (SSSR count). The van der Waals surface area contributed by atoms with Crippen LogP contribution in [0.25, 0.3) is 0 Å². The smallest absolute Gasteiger partial charge is 0.219 e. The van der Waals surface area contributed by atoms with Gasteiger partial charge < -0.3 is 20.1 Å². The Morgan fingerprint density at radius 1 is 1.00 bits per heavy atom. The average molecular weight is 324 g/mol. The van der Waals surface area contributed by atoms with Gasteiger partial charge in [0.05, 0.1) is 24.9 Å². The minimum atomic E-state index is 0.0464. The molecule has 1 heterocycles. The van der Waals surface area contributed by atoms with Gasteiger partial charge in [-0.15, -0.1) is 0 Å². The largest absolute Gasteiger partial charge is 0.378 e.